The molecule has 1 aliphatic heterocycles. The maximum absolute atomic E-state index is 6.02. The van der Waals surface area contributed by atoms with Crippen LogP contribution in [-0.2, 0) is 11.3 Å². The zero-order chi connectivity index (χ0) is 14.5. The van der Waals surface area contributed by atoms with Gasteiger partial charge in [-0.3, -0.25) is 0 Å². The highest BCUT2D eigenvalue weighted by molar-refractivity contribution is 8.00. The fraction of sp³-hybridized carbons (Fsp3) is 0.667. The SMILES string of the molecule is CCCNCc1ccc(SC2CCOC3(CCC3)C2)cc1. The van der Waals surface area contributed by atoms with Gasteiger partial charge in [0, 0.05) is 23.3 Å². The molecule has 21 heavy (non-hydrogen) atoms. The molecule has 0 radical (unpaired) electrons. The van der Waals surface area contributed by atoms with Crippen LogP contribution in [0.1, 0.15) is 51.0 Å². The Bertz CT molecular complexity index is 441. The molecular formula is C18H27NOS. The molecule has 1 aromatic rings. The van der Waals surface area contributed by atoms with Gasteiger partial charge in [-0.2, -0.15) is 0 Å². The van der Waals surface area contributed by atoms with Crippen molar-refractivity contribution in [2.75, 3.05) is 13.2 Å². The summed E-state index contributed by atoms with van der Waals surface area (Å²) in [5.41, 5.74) is 1.65. The Morgan fingerprint density at radius 2 is 2.10 bits per heavy atom. The Morgan fingerprint density at radius 3 is 2.76 bits per heavy atom. The van der Waals surface area contributed by atoms with Crippen molar-refractivity contribution in [1.82, 2.24) is 5.32 Å². The standard InChI is InChI=1S/C18H27NOS/c1-2-11-19-14-15-4-6-16(7-5-15)21-17-8-12-20-18(13-17)9-3-10-18/h4-7,17,19H,2-3,8-14H2,1H3. The highest BCUT2D eigenvalue weighted by Gasteiger charge is 2.42. The second-order valence-electron chi connectivity index (χ2n) is 6.44. The van der Waals surface area contributed by atoms with Crippen LogP contribution >= 0.6 is 11.8 Å². The van der Waals surface area contributed by atoms with Crippen LogP contribution < -0.4 is 5.32 Å². The van der Waals surface area contributed by atoms with E-state index in [1.54, 1.807) is 0 Å². The maximum Gasteiger partial charge on any atom is 0.0693 e. The molecule has 1 N–H and O–H groups in total. The summed E-state index contributed by atoms with van der Waals surface area (Å²) in [5, 5.41) is 4.19. The molecule has 1 atom stereocenters. The van der Waals surface area contributed by atoms with Crippen molar-refractivity contribution in [3.63, 3.8) is 0 Å². The topological polar surface area (TPSA) is 21.3 Å². The Balaban J connectivity index is 1.50. The van der Waals surface area contributed by atoms with Crippen LogP contribution in [0.15, 0.2) is 29.2 Å². The minimum absolute atomic E-state index is 0.264. The minimum Gasteiger partial charge on any atom is -0.375 e. The number of rotatable bonds is 6. The molecule has 1 heterocycles. The molecule has 1 aliphatic carbocycles. The van der Waals surface area contributed by atoms with Gasteiger partial charge >= 0.3 is 0 Å². The second kappa shape index (κ2) is 7.17. The average Bonchev–Trinajstić information content (AvgIpc) is 2.48. The second-order valence-corrected chi connectivity index (χ2v) is 7.81. The van der Waals surface area contributed by atoms with Gasteiger partial charge < -0.3 is 10.1 Å². The molecular weight excluding hydrogens is 278 g/mol. The first-order chi connectivity index (χ1) is 10.3. The fourth-order valence-electron chi connectivity index (χ4n) is 3.29. The van der Waals surface area contributed by atoms with E-state index in [1.165, 1.54) is 49.0 Å². The number of hydrogen-bond acceptors (Lipinski definition) is 3. The highest BCUT2D eigenvalue weighted by Crippen LogP contribution is 2.46. The van der Waals surface area contributed by atoms with Crippen LogP contribution in [0.3, 0.4) is 0 Å². The van der Waals surface area contributed by atoms with Crippen molar-refractivity contribution in [3.05, 3.63) is 29.8 Å². The summed E-state index contributed by atoms with van der Waals surface area (Å²) in [7, 11) is 0. The molecule has 3 heteroatoms. The van der Waals surface area contributed by atoms with Crippen molar-refractivity contribution in [3.8, 4) is 0 Å². The van der Waals surface area contributed by atoms with E-state index in [4.69, 9.17) is 4.74 Å². The summed E-state index contributed by atoms with van der Waals surface area (Å²) in [5.74, 6) is 0. The van der Waals surface area contributed by atoms with E-state index in [0.29, 0.717) is 0 Å². The predicted octanol–water partition coefficient (Wildman–Crippen LogP) is 4.38. The molecule has 2 fully saturated rings. The number of nitrogens with one attached hydrogen (secondary N) is 1. The van der Waals surface area contributed by atoms with Crippen LogP contribution in [0.2, 0.25) is 0 Å². The van der Waals surface area contributed by atoms with Gasteiger partial charge in [-0.15, -0.1) is 11.8 Å². The summed E-state index contributed by atoms with van der Waals surface area (Å²) in [4.78, 5) is 1.41. The summed E-state index contributed by atoms with van der Waals surface area (Å²) < 4.78 is 6.02. The van der Waals surface area contributed by atoms with E-state index in [9.17, 15) is 0 Å². The Hall–Kier alpha value is -0.510. The van der Waals surface area contributed by atoms with Gasteiger partial charge in [0.1, 0.15) is 0 Å². The van der Waals surface area contributed by atoms with Gasteiger partial charge in [-0.25, -0.2) is 0 Å². The number of benzene rings is 1. The molecule has 116 valence electrons. The molecule has 0 bridgehead atoms. The van der Waals surface area contributed by atoms with E-state index in [-0.39, 0.29) is 5.60 Å². The van der Waals surface area contributed by atoms with Gasteiger partial charge in [-0.1, -0.05) is 19.1 Å². The number of ether oxygens (including phenoxy) is 1. The molecule has 1 saturated carbocycles. The van der Waals surface area contributed by atoms with Crippen molar-refractivity contribution in [2.24, 2.45) is 0 Å². The van der Waals surface area contributed by atoms with Crippen LogP contribution in [0.5, 0.6) is 0 Å². The molecule has 1 spiro atoms. The van der Waals surface area contributed by atoms with Crippen LogP contribution in [-0.4, -0.2) is 24.0 Å². The van der Waals surface area contributed by atoms with Gasteiger partial charge in [-0.05, 0) is 62.8 Å². The minimum atomic E-state index is 0.264. The third-order valence-corrected chi connectivity index (χ3v) is 5.97. The van der Waals surface area contributed by atoms with E-state index >= 15 is 0 Å². The van der Waals surface area contributed by atoms with Gasteiger partial charge in [0.15, 0.2) is 0 Å². The molecule has 2 aliphatic rings. The predicted molar refractivity (Wildman–Crippen MR) is 89.9 cm³/mol. The molecule has 1 aromatic carbocycles. The Kier molecular flexibility index (Phi) is 5.25. The molecule has 1 unspecified atom stereocenters. The fourth-order valence-corrected chi connectivity index (χ4v) is 4.57. The quantitative estimate of drug-likeness (QED) is 0.788. The van der Waals surface area contributed by atoms with E-state index in [2.05, 4.69) is 48.3 Å². The largest absolute Gasteiger partial charge is 0.375 e. The summed E-state index contributed by atoms with van der Waals surface area (Å²) in [6.07, 6.45) is 7.57. The summed E-state index contributed by atoms with van der Waals surface area (Å²) in [6, 6.07) is 9.11. The lowest BCUT2D eigenvalue weighted by Crippen LogP contribution is -2.46. The first kappa shape index (κ1) is 15.4. The normalized spacial score (nSPS) is 24.0. The first-order valence-corrected chi connectivity index (χ1v) is 9.28. The monoisotopic (exact) mass is 305 g/mol. The third kappa shape index (κ3) is 4.02. The summed E-state index contributed by atoms with van der Waals surface area (Å²) >= 11 is 2.05. The smallest absolute Gasteiger partial charge is 0.0693 e. The lowest BCUT2D eigenvalue weighted by atomic mass is 9.75. The number of thioether (sulfide) groups is 1. The average molecular weight is 305 g/mol. The third-order valence-electron chi connectivity index (χ3n) is 4.69. The van der Waals surface area contributed by atoms with Gasteiger partial charge in [0.2, 0.25) is 0 Å². The van der Waals surface area contributed by atoms with Crippen LogP contribution in [0.25, 0.3) is 0 Å². The maximum atomic E-state index is 6.02. The number of hydrogen-bond donors (Lipinski definition) is 1. The molecule has 0 aromatic heterocycles. The van der Waals surface area contributed by atoms with Crippen molar-refractivity contribution < 1.29 is 4.74 Å². The van der Waals surface area contributed by atoms with Crippen LogP contribution in [0.4, 0.5) is 0 Å². The van der Waals surface area contributed by atoms with Gasteiger partial charge in [0.25, 0.3) is 0 Å². The van der Waals surface area contributed by atoms with E-state index < -0.39 is 0 Å². The molecule has 1 saturated heterocycles. The first-order valence-electron chi connectivity index (χ1n) is 8.40. The van der Waals surface area contributed by atoms with E-state index in [0.717, 1.165) is 24.9 Å². The summed E-state index contributed by atoms with van der Waals surface area (Å²) in [6.45, 7) is 5.24. The molecule has 0 amide bonds. The van der Waals surface area contributed by atoms with Crippen molar-refractivity contribution in [1.29, 1.82) is 0 Å². The molecule has 2 nitrogen and oxygen atoms in total. The van der Waals surface area contributed by atoms with Crippen LogP contribution in [0, 0.1) is 0 Å². The Morgan fingerprint density at radius 1 is 1.29 bits per heavy atom. The van der Waals surface area contributed by atoms with Gasteiger partial charge in [0.05, 0.1) is 5.60 Å². The zero-order valence-corrected chi connectivity index (χ0v) is 13.9. The lowest BCUT2D eigenvalue weighted by Gasteiger charge is -2.47. The van der Waals surface area contributed by atoms with Crippen molar-refractivity contribution >= 4 is 11.8 Å². The highest BCUT2D eigenvalue weighted by atomic mass is 32.2. The van der Waals surface area contributed by atoms with E-state index in [1.807, 2.05) is 0 Å². The zero-order valence-electron chi connectivity index (χ0n) is 13.1. The van der Waals surface area contributed by atoms with Crippen molar-refractivity contribution in [2.45, 2.75) is 67.7 Å². The Labute approximate surface area is 133 Å². The molecule has 3 rings (SSSR count). The lowest BCUT2D eigenvalue weighted by molar-refractivity contribution is -0.125.